The Morgan fingerprint density at radius 2 is 2.05 bits per heavy atom. The molecule has 0 saturated carbocycles. The molecule has 110 valence electrons. The van der Waals surface area contributed by atoms with Crippen molar-refractivity contribution in [2.45, 2.75) is 11.8 Å². The number of carboxylic acid groups (broad SMARTS) is 1. The molecule has 0 amide bonds. The molecule has 0 saturated heterocycles. The summed E-state index contributed by atoms with van der Waals surface area (Å²) in [6.07, 6.45) is 2.48. The molecule has 0 aliphatic rings. The van der Waals surface area contributed by atoms with Gasteiger partial charge in [0.2, 0.25) is 0 Å². The Labute approximate surface area is 118 Å². The van der Waals surface area contributed by atoms with Crippen LogP contribution in [-0.2, 0) is 10.0 Å². The maximum atomic E-state index is 13.6. The van der Waals surface area contributed by atoms with Crippen molar-refractivity contribution in [3.05, 3.63) is 41.5 Å². The molecule has 0 bridgehead atoms. The Balaban J connectivity index is 2.48. The van der Waals surface area contributed by atoms with Crippen LogP contribution in [0.3, 0.4) is 0 Å². The second-order valence-electron chi connectivity index (χ2n) is 3.98. The fraction of sp³-hybridized carbons (Fsp3) is 0.0909. The van der Waals surface area contributed by atoms with Gasteiger partial charge in [0.15, 0.2) is 0 Å². The highest BCUT2D eigenvalue weighted by Gasteiger charge is 2.22. The summed E-state index contributed by atoms with van der Waals surface area (Å²) in [6, 6.07) is 1.74. The molecule has 1 heterocycles. The van der Waals surface area contributed by atoms with Gasteiger partial charge in [-0.1, -0.05) is 0 Å². The predicted octanol–water partition coefficient (Wildman–Crippen LogP) is 0.818. The van der Waals surface area contributed by atoms with Crippen molar-refractivity contribution in [3.63, 3.8) is 0 Å². The van der Waals surface area contributed by atoms with Crippen LogP contribution < -0.4 is 4.72 Å². The van der Waals surface area contributed by atoms with Gasteiger partial charge in [0.05, 0.1) is 22.9 Å². The Morgan fingerprint density at radius 1 is 1.33 bits per heavy atom. The van der Waals surface area contributed by atoms with Crippen molar-refractivity contribution in [1.82, 2.24) is 15.2 Å². The number of nitrogens with zero attached hydrogens (tertiary/aromatic N) is 3. The lowest BCUT2D eigenvalue weighted by Crippen LogP contribution is -2.17. The van der Waals surface area contributed by atoms with Crippen LogP contribution in [0.25, 0.3) is 0 Å². The molecule has 21 heavy (non-hydrogen) atoms. The average Bonchev–Trinajstić information content (AvgIpc) is 2.41. The van der Waals surface area contributed by atoms with E-state index in [1.54, 1.807) is 0 Å². The quantitative estimate of drug-likeness (QED) is 0.856. The van der Waals surface area contributed by atoms with Crippen molar-refractivity contribution >= 4 is 21.9 Å². The van der Waals surface area contributed by atoms with Gasteiger partial charge in [-0.3, -0.25) is 0 Å². The molecule has 0 radical (unpaired) electrons. The van der Waals surface area contributed by atoms with Gasteiger partial charge in [-0.15, -0.1) is 5.10 Å². The number of benzene rings is 1. The molecule has 0 fully saturated rings. The number of aromatic nitrogens is 3. The van der Waals surface area contributed by atoms with Gasteiger partial charge in [-0.25, -0.2) is 27.3 Å². The molecule has 2 rings (SSSR count). The zero-order chi connectivity index (χ0) is 15.6. The lowest BCUT2D eigenvalue weighted by atomic mass is 10.1. The second-order valence-corrected chi connectivity index (χ2v) is 5.66. The number of halogens is 1. The molecule has 10 heteroatoms. The third-order valence-electron chi connectivity index (χ3n) is 2.48. The highest BCUT2D eigenvalue weighted by molar-refractivity contribution is 7.92. The monoisotopic (exact) mass is 312 g/mol. The summed E-state index contributed by atoms with van der Waals surface area (Å²) in [7, 11) is -4.15. The molecule has 2 N–H and O–H groups in total. The van der Waals surface area contributed by atoms with Crippen LogP contribution in [0.1, 0.15) is 15.9 Å². The molecule has 0 atom stereocenters. The molecule has 0 aliphatic carbocycles. The minimum absolute atomic E-state index is 0.109. The molecule has 1 aromatic carbocycles. The smallest absolute Gasteiger partial charge is 0.338 e. The summed E-state index contributed by atoms with van der Waals surface area (Å²) in [4.78, 5) is 14.1. The molecule has 2 aromatic rings. The van der Waals surface area contributed by atoms with Crippen molar-refractivity contribution in [3.8, 4) is 0 Å². The molecular formula is C11H9FN4O4S. The first-order chi connectivity index (χ1) is 9.81. The van der Waals surface area contributed by atoms with E-state index in [9.17, 15) is 17.6 Å². The average molecular weight is 312 g/mol. The van der Waals surface area contributed by atoms with Gasteiger partial charge in [0.25, 0.3) is 16.0 Å². The van der Waals surface area contributed by atoms with E-state index in [1.165, 1.54) is 19.3 Å². The molecule has 0 aliphatic heterocycles. The fourth-order valence-corrected chi connectivity index (χ4v) is 2.58. The Bertz CT molecular complexity index is 795. The van der Waals surface area contributed by atoms with Crippen LogP contribution >= 0.6 is 0 Å². The minimum atomic E-state index is -4.15. The minimum Gasteiger partial charge on any atom is -0.478 e. The van der Waals surface area contributed by atoms with E-state index in [2.05, 4.69) is 15.2 Å². The maximum Gasteiger partial charge on any atom is 0.338 e. The van der Waals surface area contributed by atoms with Crippen LogP contribution in [0.15, 0.2) is 29.4 Å². The molecule has 8 nitrogen and oxygen atoms in total. The van der Waals surface area contributed by atoms with Gasteiger partial charge in [-0.05, 0) is 24.6 Å². The Hall–Kier alpha value is -2.62. The number of aromatic carboxylic acids is 1. The summed E-state index contributed by atoms with van der Waals surface area (Å²) < 4.78 is 39.8. The first-order valence-corrected chi connectivity index (χ1v) is 6.99. The first-order valence-electron chi connectivity index (χ1n) is 5.51. The summed E-state index contributed by atoms with van der Waals surface area (Å²) in [6.45, 7) is 1.27. The van der Waals surface area contributed by atoms with E-state index in [4.69, 9.17) is 5.11 Å². The zero-order valence-electron chi connectivity index (χ0n) is 10.6. The number of sulfonamides is 1. The standard InChI is InChI=1S/C11H9FN4O4S/c1-6-4-7(5-8(9(6)12)10(17)18)21(19,20)16-11-13-2-3-14-15-11/h2-5H,1H3,(H,17,18)(H,13,15,16). The largest absolute Gasteiger partial charge is 0.478 e. The van der Waals surface area contributed by atoms with E-state index in [0.717, 1.165) is 12.1 Å². The van der Waals surface area contributed by atoms with E-state index in [-0.39, 0.29) is 11.5 Å². The van der Waals surface area contributed by atoms with E-state index in [1.807, 2.05) is 4.72 Å². The highest BCUT2D eigenvalue weighted by Crippen LogP contribution is 2.20. The number of hydrogen-bond donors (Lipinski definition) is 2. The van der Waals surface area contributed by atoms with Gasteiger partial charge < -0.3 is 5.11 Å². The third kappa shape index (κ3) is 3.11. The normalized spacial score (nSPS) is 11.1. The number of carboxylic acids is 1. The lowest BCUT2D eigenvalue weighted by Gasteiger charge is -2.09. The fourth-order valence-electron chi connectivity index (χ4n) is 1.52. The SMILES string of the molecule is Cc1cc(S(=O)(=O)Nc2nccnn2)cc(C(=O)O)c1F. The zero-order valence-corrected chi connectivity index (χ0v) is 11.4. The number of nitrogens with one attached hydrogen (secondary N) is 1. The van der Waals surface area contributed by atoms with Crippen LogP contribution in [0, 0.1) is 12.7 Å². The molecule has 0 spiro atoms. The molecular weight excluding hydrogens is 303 g/mol. The van der Waals surface area contributed by atoms with E-state index >= 15 is 0 Å². The lowest BCUT2D eigenvalue weighted by molar-refractivity contribution is 0.0691. The van der Waals surface area contributed by atoms with Crippen molar-refractivity contribution < 1.29 is 22.7 Å². The van der Waals surface area contributed by atoms with Crippen molar-refractivity contribution in [1.29, 1.82) is 0 Å². The number of aryl methyl sites for hydroxylation is 1. The number of hydrogen-bond acceptors (Lipinski definition) is 6. The third-order valence-corrected chi connectivity index (χ3v) is 3.78. The van der Waals surface area contributed by atoms with Crippen molar-refractivity contribution in [2.24, 2.45) is 0 Å². The molecule has 0 unspecified atom stereocenters. The summed E-state index contributed by atoms with van der Waals surface area (Å²) in [5.41, 5.74) is -0.843. The van der Waals surface area contributed by atoms with E-state index < -0.39 is 32.3 Å². The molecule has 1 aromatic heterocycles. The number of rotatable bonds is 4. The van der Waals surface area contributed by atoms with Crippen LogP contribution in [0.2, 0.25) is 0 Å². The van der Waals surface area contributed by atoms with Crippen LogP contribution in [0.5, 0.6) is 0 Å². The summed E-state index contributed by atoms with van der Waals surface area (Å²) in [5, 5.41) is 15.8. The highest BCUT2D eigenvalue weighted by atomic mass is 32.2. The topological polar surface area (TPSA) is 122 Å². The number of anilines is 1. The summed E-state index contributed by atoms with van der Waals surface area (Å²) in [5.74, 6) is -2.83. The van der Waals surface area contributed by atoms with Crippen molar-refractivity contribution in [2.75, 3.05) is 4.72 Å². The predicted molar refractivity (Wildman–Crippen MR) is 68.7 cm³/mol. The Kier molecular flexibility index (Phi) is 3.80. The first kappa shape index (κ1) is 14.8. The van der Waals surface area contributed by atoms with Crippen LogP contribution in [-0.4, -0.2) is 34.7 Å². The second kappa shape index (κ2) is 5.40. The Morgan fingerprint density at radius 3 is 2.62 bits per heavy atom. The van der Waals surface area contributed by atoms with E-state index in [0.29, 0.717) is 0 Å². The van der Waals surface area contributed by atoms with Gasteiger partial charge in [0.1, 0.15) is 5.82 Å². The maximum absolute atomic E-state index is 13.6. The summed E-state index contributed by atoms with van der Waals surface area (Å²) >= 11 is 0. The van der Waals surface area contributed by atoms with Gasteiger partial charge in [-0.2, -0.15) is 5.10 Å². The van der Waals surface area contributed by atoms with Crippen LogP contribution in [0.4, 0.5) is 10.3 Å². The van der Waals surface area contributed by atoms with Gasteiger partial charge >= 0.3 is 5.97 Å². The van der Waals surface area contributed by atoms with Gasteiger partial charge in [0, 0.05) is 0 Å². The number of carbonyl (C=O) groups is 1.